The van der Waals surface area contributed by atoms with Gasteiger partial charge in [-0.1, -0.05) is 140 Å². The Kier molecular flexibility index (Phi) is 34.2. The predicted octanol–water partition coefficient (Wildman–Crippen LogP) is 11.9. The Bertz CT molecular complexity index is 957. The Hall–Kier alpha value is -1.70. The third-order valence-electron chi connectivity index (χ3n) is 8.49. The van der Waals surface area contributed by atoms with Gasteiger partial charge in [0.2, 0.25) is 0 Å². The van der Waals surface area contributed by atoms with Crippen LogP contribution < -0.4 is 0 Å². The van der Waals surface area contributed by atoms with E-state index in [9.17, 15) is 14.3 Å². The summed E-state index contributed by atoms with van der Waals surface area (Å²) in [6, 6.07) is 0. The molecule has 0 aliphatic heterocycles. The monoisotopic (exact) mass is 741 g/mol. The van der Waals surface area contributed by atoms with Crippen molar-refractivity contribution in [2.75, 3.05) is 47.5 Å². The second-order valence-corrected chi connectivity index (χ2v) is 16.2. The van der Waals surface area contributed by atoms with Gasteiger partial charge in [0.15, 0.2) is 6.10 Å². The first-order valence-electron chi connectivity index (χ1n) is 20.4. The maximum atomic E-state index is 12.4. The van der Waals surface area contributed by atoms with Gasteiger partial charge in [0, 0.05) is 6.42 Å². The van der Waals surface area contributed by atoms with Gasteiger partial charge in [-0.25, -0.2) is 4.57 Å². The molecule has 0 amide bonds. The Balaban J connectivity index is 4.35. The molecular formula is C42H79NO7P+. The molecule has 2 unspecified atom stereocenters. The molecule has 9 heteroatoms. The lowest BCUT2D eigenvalue weighted by atomic mass is 10.0. The molecule has 51 heavy (non-hydrogen) atoms. The van der Waals surface area contributed by atoms with E-state index in [-0.39, 0.29) is 25.8 Å². The van der Waals surface area contributed by atoms with Crippen LogP contribution in [0.3, 0.4) is 0 Å². The molecule has 8 nitrogen and oxygen atoms in total. The van der Waals surface area contributed by atoms with Gasteiger partial charge in [-0.15, -0.1) is 0 Å². The normalized spacial score (nSPS) is 14.3. The third kappa shape index (κ3) is 39.3. The molecule has 0 aromatic heterocycles. The SMILES string of the molecule is CC/C=C\C/C=C\C/C=C\CCCCCCCC(=O)OCC(COP(=O)(O)OCC[N+](C)(C)C)O/C=C\CCCCCCCCCCCCCC. The second-order valence-electron chi connectivity index (χ2n) is 14.7. The molecule has 0 radical (unpaired) electrons. The molecule has 0 aliphatic rings. The average Bonchev–Trinajstić information content (AvgIpc) is 3.08. The van der Waals surface area contributed by atoms with Gasteiger partial charge in [-0.3, -0.25) is 13.8 Å². The molecule has 0 spiro atoms. The first kappa shape index (κ1) is 49.3. The third-order valence-corrected chi connectivity index (χ3v) is 9.48. The molecule has 298 valence electrons. The number of phosphoric acid groups is 1. The summed E-state index contributed by atoms with van der Waals surface area (Å²) in [5, 5.41) is 0. The number of phosphoric ester groups is 1. The van der Waals surface area contributed by atoms with Gasteiger partial charge >= 0.3 is 13.8 Å². The summed E-state index contributed by atoms with van der Waals surface area (Å²) in [4.78, 5) is 22.6. The highest BCUT2D eigenvalue weighted by Gasteiger charge is 2.25. The van der Waals surface area contributed by atoms with E-state index in [2.05, 4.69) is 50.3 Å². The first-order valence-corrected chi connectivity index (χ1v) is 21.9. The Labute approximate surface area is 314 Å². The van der Waals surface area contributed by atoms with Crippen molar-refractivity contribution in [2.24, 2.45) is 0 Å². The van der Waals surface area contributed by atoms with E-state index in [0.717, 1.165) is 70.6 Å². The van der Waals surface area contributed by atoms with E-state index in [0.29, 0.717) is 17.4 Å². The minimum atomic E-state index is -4.26. The number of rotatable bonds is 37. The maximum absolute atomic E-state index is 12.4. The zero-order valence-corrected chi connectivity index (χ0v) is 34.5. The van der Waals surface area contributed by atoms with Crippen LogP contribution in [0, 0.1) is 0 Å². The Morgan fingerprint density at radius 3 is 1.73 bits per heavy atom. The number of ether oxygens (including phenoxy) is 2. The van der Waals surface area contributed by atoms with Crippen LogP contribution in [0.25, 0.3) is 0 Å². The molecule has 0 aliphatic carbocycles. The van der Waals surface area contributed by atoms with Crippen molar-refractivity contribution in [1.29, 1.82) is 0 Å². The minimum absolute atomic E-state index is 0.0579. The van der Waals surface area contributed by atoms with E-state index >= 15 is 0 Å². The molecule has 0 bridgehead atoms. The van der Waals surface area contributed by atoms with E-state index in [1.54, 1.807) is 6.26 Å². The quantitative estimate of drug-likeness (QED) is 0.0169. The van der Waals surface area contributed by atoms with Crippen molar-refractivity contribution >= 4 is 13.8 Å². The number of hydrogen-bond acceptors (Lipinski definition) is 6. The van der Waals surface area contributed by atoms with Gasteiger partial charge in [0.1, 0.15) is 19.8 Å². The van der Waals surface area contributed by atoms with Gasteiger partial charge in [-0.05, 0) is 57.4 Å². The van der Waals surface area contributed by atoms with Crippen molar-refractivity contribution in [3.8, 4) is 0 Å². The summed E-state index contributed by atoms with van der Waals surface area (Å²) in [7, 11) is 1.66. The number of hydrogen-bond donors (Lipinski definition) is 1. The van der Waals surface area contributed by atoms with E-state index in [1.165, 1.54) is 70.6 Å². The lowest BCUT2D eigenvalue weighted by molar-refractivity contribution is -0.870. The standard InChI is InChI=1S/C42H78NO7P/c1-6-8-10-12-14-16-18-20-22-23-25-27-29-31-33-35-42(44)48-39-41(40-50-51(45,46)49-38-36-43(3,4)5)47-37-34-32-30-28-26-24-21-19-17-15-13-11-9-7-2/h8,10,14,16,20,22,34,37,41H,6-7,9,11-13,15,17-19,21,23-33,35-36,38-40H2,1-5H3/p+1/b10-8-,16-14-,22-20-,37-34-. The van der Waals surface area contributed by atoms with Crippen molar-refractivity contribution in [2.45, 2.75) is 168 Å². The highest BCUT2D eigenvalue weighted by Crippen LogP contribution is 2.43. The number of allylic oxidation sites excluding steroid dienone is 7. The molecule has 0 saturated carbocycles. The smallest absolute Gasteiger partial charge is 0.472 e. The summed E-state index contributed by atoms with van der Waals surface area (Å²) in [5.41, 5.74) is 0. The first-order chi connectivity index (χ1) is 24.6. The fourth-order valence-corrected chi connectivity index (χ4v) is 6.00. The topological polar surface area (TPSA) is 91.3 Å². The summed E-state index contributed by atoms with van der Waals surface area (Å²) < 4.78 is 34.7. The zero-order valence-electron chi connectivity index (χ0n) is 33.6. The number of carbonyl (C=O) groups is 1. The zero-order chi connectivity index (χ0) is 37.7. The lowest BCUT2D eigenvalue weighted by Gasteiger charge is -2.24. The van der Waals surface area contributed by atoms with E-state index < -0.39 is 13.9 Å². The average molecular weight is 741 g/mol. The van der Waals surface area contributed by atoms with Crippen LogP contribution in [-0.2, 0) is 27.9 Å². The largest absolute Gasteiger partial charge is 0.492 e. The molecule has 2 atom stereocenters. The number of esters is 1. The number of likely N-dealkylation sites (N-methyl/N-ethyl adjacent to an activating group) is 1. The highest BCUT2D eigenvalue weighted by molar-refractivity contribution is 7.47. The fraction of sp³-hybridized carbons (Fsp3) is 0.786. The molecular weight excluding hydrogens is 661 g/mol. The Morgan fingerprint density at radius 1 is 0.647 bits per heavy atom. The van der Waals surface area contributed by atoms with E-state index in [4.69, 9.17) is 18.5 Å². The van der Waals surface area contributed by atoms with Crippen molar-refractivity contribution < 1.29 is 37.3 Å². The van der Waals surface area contributed by atoms with Crippen LogP contribution in [0.5, 0.6) is 0 Å². The van der Waals surface area contributed by atoms with Crippen LogP contribution in [0.2, 0.25) is 0 Å². The minimum Gasteiger partial charge on any atom is -0.492 e. The number of unbranched alkanes of at least 4 members (excludes halogenated alkanes) is 17. The van der Waals surface area contributed by atoms with E-state index in [1.807, 2.05) is 27.2 Å². The maximum Gasteiger partial charge on any atom is 0.472 e. The van der Waals surface area contributed by atoms with Gasteiger partial charge in [0.05, 0.1) is 34.0 Å². The summed E-state index contributed by atoms with van der Waals surface area (Å²) in [6.07, 6.45) is 42.4. The second kappa shape index (κ2) is 35.3. The van der Waals surface area contributed by atoms with Crippen LogP contribution in [0.4, 0.5) is 0 Å². The van der Waals surface area contributed by atoms with Crippen molar-refractivity contribution in [3.05, 3.63) is 48.8 Å². The van der Waals surface area contributed by atoms with Gasteiger partial charge < -0.3 is 18.9 Å². The molecule has 0 aromatic rings. The fourth-order valence-electron chi connectivity index (χ4n) is 5.26. The molecule has 0 aromatic carbocycles. The summed E-state index contributed by atoms with van der Waals surface area (Å²) in [6.45, 7) is 4.76. The summed E-state index contributed by atoms with van der Waals surface area (Å²) in [5.74, 6) is -0.295. The van der Waals surface area contributed by atoms with Crippen molar-refractivity contribution in [1.82, 2.24) is 0 Å². The molecule has 1 N–H and O–H groups in total. The molecule has 0 saturated heterocycles. The van der Waals surface area contributed by atoms with Crippen LogP contribution in [0.15, 0.2) is 48.8 Å². The van der Waals surface area contributed by atoms with Crippen LogP contribution in [0.1, 0.15) is 162 Å². The molecule has 0 fully saturated rings. The number of nitrogens with zero attached hydrogens (tertiary/aromatic N) is 1. The van der Waals surface area contributed by atoms with Gasteiger partial charge in [0.25, 0.3) is 0 Å². The van der Waals surface area contributed by atoms with Gasteiger partial charge in [-0.2, -0.15) is 0 Å². The van der Waals surface area contributed by atoms with Crippen LogP contribution >= 0.6 is 7.82 Å². The molecule has 0 rings (SSSR count). The lowest BCUT2D eigenvalue weighted by Crippen LogP contribution is -2.37. The summed E-state index contributed by atoms with van der Waals surface area (Å²) >= 11 is 0. The highest BCUT2D eigenvalue weighted by atomic mass is 31.2. The van der Waals surface area contributed by atoms with Crippen LogP contribution in [-0.4, -0.2) is 69.0 Å². The predicted molar refractivity (Wildman–Crippen MR) is 215 cm³/mol. The number of carbonyl (C=O) groups excluding carboxylic acids is 1. The molecule has 0 heterocycles. The van der Waals surface area contributed by atoms with Crippen molar-refractivity contribution in [3.63, 3.8) is 0 Å². The number of quaternary nitrogens is 1. The Morgan fingerprint density at radius 2 is 1.16 bits per heavy atom.